The van der Waals surface area contributed by atoms with Crippen LogP contribution in [0.15, 0.2) is 30.3 Å². The summed E-state index contributed by atoms with van der Waals surface area (Å²) in [4.78, 5) is 25.3. The molecule has 1 atom stereocenters. The molecule has 6 heteroatoms. The van der Waals surface area contributed by atoms with Gasteiger partial charge in [0.2, 0.25) is 0 Å². The van der Waals surface area contributed by atoms with Crippen molar-refractivity contribution < 1.29 is 19.1 Å². The number of methoxy groups -OCH3 is 1. The molecule has 0 radical (unpaired) electrons. The molecule has 1 amide bonds. The average Bonchev–Trinajstić information content (AvgIpc) is 2.38. The van der Waals surface area contributed by atoms with Gasteiger partial charge in [-0.1, -0.05) is 30.3 Å². The Morgan fingerprint density at radius 2 is 2.11 bits per heavy atom. The molecule has 0 aliphatic heterocycles. The normalized spacial score (nSPS) is 10.9. The van der Waals surface area contributed by atoms with Crippen molar-refractivity contribution in [3.05, 3.63) is 41.4 Å². The van der Waals surface area contributed by atoms with E-state index in [4.69, 9.17) is 5.53 Å². The first-order valence-electron chi connectivity index (χ1n) is 5.27. The fourth-order valence-corrected chi connectivity index (χ4v) is 1.45. The highest BCUT2D eigenvalue weighted by Gasteiger charge is 2.22. The Balaban J connectivity index is 2.76. The third-order valence-electron chi connectivity index (χ3n) is 2.26. The maximum absolute atomic E-state index is 11.5. The van der Waals surface area contributed by atoms with Gasteiger partial charge in [0.05, 0.1) is 7.11 Å². The summed E-state index contributed by atoms with van der Waals surface area (Å²) in [6, 6.07) is 8.38. The van der Waals surface area contributed by atoms with Crippen molar-refractivity contribution in [2.45, 2.75) is 12.5 Å². The molecule has 94 valence electrons. The number of hydrogen-bond donors (Lipinski definition) is 1. The standard InChI is InChI=1S/C12H13N3O3/c1-18-12(17)10(15-11(16)8-14-13)7-9-5-3-2-4-6-9/h2-6,8,10H,7H2,1H3,(H,15,16). The Hall–Kier alpha value is -2.46. The van der Waals surface area contributed by atoms with Gasteiger partial charge >= 0.3 is 18.1 Å². The summed E-state index contributed by atoms with van der Waals surface area (Å²) in [5.41, 5.74) is 9.11. The first-order valence-corrected chi connectivity index (χ1v) is 5.27. The van der Waals surface area contributed by atoms with E-state index in [9.17, 15) is 9.59 Å². The van der Waals surface area contributed by atoms with Crippen molar-refractivity contribution in [2.75, 3.05) is 7.11 Å². The summed E-state index contributed by atoms with van der Waals surface area (Å²) in [5, 5.41) is 2.39. The monoisotopic (exact) mass is 247 g/mol. The van der Waals surface area contributed by atoms with Crippen molar-refractivity contribution >= 4 is 18.1 Å². The minimum atomic E-state index is -0.817. The summed E-state index contributed by atoms with van der Waals surface area (Å²) in [6.45, 7) is 0. The van der Waals surface area contributed by atoms with E-state index in [0.717, 1.165) is 5.56 Å². The molecular formula is C12H13N3O3. The van der Waals surface area contributed by atoms with Crippen LogP contribution in [0.3, 0.4) is 0 Å². The number of nitrogens with one attached hydrogen (secondary N) is 1. The van der Waals surface area contributed by atoms with Crippen LogP contribution < -0.4 is 5.32 Å². The molecule has 0 bridgehead atoms. The molecule has 0 aliphatic carbocycles. The van der Waals surface area contributed by atoms with Gasteiger partial charge in [-0.15, -0.1) is 0 Å². The van der Waals surface area contributed by atoms with Gasteiger partial charge < -0.3 is 15.6 Å². The van der Waals surface area contributed by atoms with E-state index in [1.54, 1.807) is 0 Å². The summed E-state index contributed by atoms with van der Waals surface area (Å²) in [7, 11) is 1.24. The van der Waals surface area contributed by atoms with Crippen LogP contribution in [0, 0.1) is 0 Å². The van der Waals surface area contributed by atoms with Gasteiger partial charge in [-0.25, -0.2) is 4.79 Å². The summed E-state index contributed by atoms with van der Waals surface area (Å²) < 4.78 is 4.60. The molecule has 0 aliphatic rings. The van der Waals surface area contributed by atoms with E-state index in [1.807, 2.05) is 30.3 Å². The zero-order valence-electron chi connectivity index (χ0n) is 9.87. The molecule has 1 aromatic carbocycles. The molecule has 0 aromatic heterocycles. The molecular weight excluding hydrogens is 234 g/mol. The quantitative estimate of drug-likeness (QED) is 0.348. The van der Waals surface area contributed by atoms with Crippen LogP contribution in [-0.4, -0.2) is 36.0 Å². The average molecular weight is 247 g/mol. The predicted octanol–water partition coefficient (Wildman–Crippen LogP) is 0.187. The van der Waals surface area contributed by atoms with E-state index < -0.39 is 17.9 Å². The first kappa shape index (κ1) is 13.6. The largest absolute Gasteiger partial charge is 0.467 e. The Morgan fingerprint density at radius 3 is 2.67 bits per heavy atom. The molecule has 1 N–H and O–H groups in total. The van der Waals surface area contributed by atoms with Crippen LogP contribution in [0.1, 0.15) is 5.56 Å². The van der Waals surface area contributed by atoms with Crippen molar-refractivity contribution in [2.24, 2.45) is 0 Å². The molecule has 1 unspecified atom stereocenters. The second kappa shape index (κ2) is 6.98. The number of carbonyl (C=O) groups is 2. The fraction of sp³-hybridized carbons (Fsp3) is 0.250. The number of rotatable bonds is 5. The Kier molecular flexibility index (Phi) is 5.28. The van der Waals surface area contributed by atoms with E-state index in [1.165, 1.54) is 7.11 Å². The summed E-state index contributed by atoms with van der Waals surface area (Å²) in [6.07, 6.45) is 0.986. The lowest BCUT2D eigenvalue weighted by Gasteiger charge is -2.14. The molecule has 0 saturated carbocycles. The molecule has 0 fully saturated rings. The number of carbonyl (C=O) groups excluding carboxylic acids is 2. The van der Waals surface area contributed by atoms with Gasteiger partial charge in [-0.05, 0) is 5.56 Å². The minimum Gasteiger partial charge on any atom is -0.467 e. The first-order chi connectivity index (χ1) is 8.67. The smallest absolute Gasteiger partial charge is 0.344 e. The van der Waals surface area contributed by atoms with Crippen molar-refractivity contribution in [1.29, 1.82) is 0 Å². The fourth-order valence-electron chi connectivity index (χ4n) is 1.45. The summed E-state index contributed by atoms with van der Waals surface area (Å²) in [5.74, 6) is -1.22. The SMILES string of the molecule is COC(=O)C(Cc1ccccc1)NC(=O)C=[N+]=[N-]. The van der Waals surface area contributed by atoms with Crippen molar-refractivity contribution in [3.8, 4) is 0 Å². The molecule has 0 heterocycles. The van der Waals surface area contributed by atoms with Gasteiger partial charge in [0, 0.05) is 6.42 Å². The van der Waals surface area contributed by atoms with Crippen LogP contribution in [-0.2, 0) is 20.7 Å². The van der Waals surface area contributed by atoms with Crippen LogP contribution in [0.5, 0.6) is 0 Å². The third-order valence-corrected chi connectivity index (χ3v) is 2.26. The number of esters is 1. The second-order valence-electron chi connectivity index (χ2n) is 3.52. The lowest BCUT2D eigenvalue weighted by molar-refractivity contribution is -0.144. The molecule has 0 saturated heterocycles. The highest BCUT2D eigenvalue weighted by atomic mass is 16.5. The zero-order chi connectivity index (χ0) is 13.4. The van der Waals surface area contributed by atoms with Crippen LogP contribution in [0.4, 0.5) is 0 Å². The van der Waals surface area contributed by atoms with Gasteiger partial charge in [0.25, 0.3) is 0 Å². The summed E-state index contributed by atoms with van der Waals surface area (Å²) >= 11 is 0. The highest BCUT2D eigenvalue weighted by Crippen LogP contribution is 2.04. The van der Waals surface area contributed by atoms with E-state index in [-0.39, 0.29) is 0 Å². The minimum absolute atomic E-state index is 0.304. The topological polar surface area (TPSA) is 91.8 Å². The second-order valence-corrected chi connectivity index (χ2v) is 3.52. The number of nitrogens with zero attached hydrogens (tertiary/aromatic N) is 2. The number of hydrogen-bond acceptors (Lipinski definition) is 3. The number of amides is 1. The number of ether oxygens (including phenoxy) is 1. The van der Waals surface area contributed by atoms with E-state index >= 15 is 0 Å². The zero-order valence-corrected chi connectivity index (χ0v) is 9.87. The third kappa shape index (κ3) is 4.19. The van der Waals surface area contributed by atoms with Gasteiger partial charge in [-0.2, -0.15) is 4.79 Å². The van der Waals surface area contributed by atoms with Crippen LogP contribution >= 0.6 is 0 Å². The Morgan fingerprint density at radius 1 is 1.44 bits per heavy atom. The van der Waals surface area contributed by atoms with Crippen molar-refractivity contribution in [3.63, 3.8) is 0 Å². The van der Waals surface area contributed by atoms with E-state index in [2.05, 4.69) is 14.8 Å². The maximum atomic E-state index is 11.5. The molecule has 0 spiro atoms. The Bertz CT molecular complexity index is 467. The molecule has 6 nitrogen and oxygen atoms in total. The molecule has 1 aromatic rings. The van der Waals surface area contributed by atoms with Crippen molar-refractivity contribution in [1.82, 2.24) is 5.32 Å². The molecule has 1 rings (SSSR count). The van der Waals surface area contributed by atoms with E-state index in [0.29, 0.717) is 12.6 Å². The van der Waals surface area contributed by atoms with Gasteiger partial charge in [0.15, 0.2) is 0 Å². The highest BCUT2D eigenvalue weighted by molar-refractivity contribution is 6.24. The van der Waals surface area contributed by atoms with Gasteiger partial charge in [0.1, 0.15) is 6.04 Å². The number of benzene rings is 1. The lowest BCUT2D eigenvalue weighted by atomic mass is 10.1. The molecule has 18 heavy (non-hydrogen) atoms. The maximum Gasteiger partial charge on any atom is 0.344 e. The lowest BCUT2D eigenvalue weighted by Crippen LogP contribution is -2.43. The predicted molar refractivity (Wildman–Crippen MR) is 63.8 cm³/mol. The van der Waals surface area contributed by atoms with Crippen LogP contribution in [0.25, 0.3) is 5.53 Å². The van der Waals surface area contributed by atoms with Crippen LogP contribution in [0.2, 0.25) is 0 Å². The van der Waals surface area contributed by atoms with Gasteiger partial charge in [-0.3, -0.25) is 4.79 Å². The Labute approximate surface area is 104 Å².